The van der Waals surface area contributed by atoms with Crippen molar-refractivity contribution in [2.75, 3.05) is 26.3 Å². The highest BCUT2D eigenvalue weighted by Gasteiger charge is 2.31. The van der Waals surface area contributed by atoms with Gasteiger partial charge in [0.1, 0.15) is 0 Å². The second kappa shape index (κ2) is 8.39. The predicted molar refractivity (Wildman–Crippen MR) is 102 cm³/mol. The van der Waals surface area contributed by atoms with Gasteiger partial charge in [-0.15, -0.1) is 0 Å². The Hall–Kier alpha value is -2.60. The summed E-state index contributed by atoms with van der Waals surface area (Å²) in [6, 6.07) is 11.0. The molecule has 1 atom stereocenters. The van der Waals surface area contributed by atoms with Gasteiger partial charge in [0, 0.05) is 36.6 Å². The number of amides is 1. The maximum Gasteiger partial charge on any atom is 0.341 e. The summed E-state index contributed by atoms with van der Waals surface area (Å²) in [7, 11) is 0. The number of hydrogen-bond donors (Lipinski definition) is 0. The zero-order chi connectivity index (χ0) is 19.4. The van der Waals surface area contributed by atoms with Gasteiger partial charge >= 0.3 is 5.97 Å². The third kappa shape index (κ3) is 4.06. The first-order valence-corrected chi connectivity index (χ1v) is 9.32. The molecule has 3 rings (SSSR count). The topological polar surface area (TPSA) is 60.8 Å². The summed E-state index contributed by atoms with van der Waals surface area (Å²) in [5, 5.41) is 0. The van der Waals surface area contributed by atoms with E-state index in [0.717, 1.165) is 17.9 Å². The van der Waals surface area contributed by atoms with Gasteiger partial charge in [-0.05, 0) is 26.8 Å². The second-order valence-electron chi connectivity index (χ2n) is 6.66. The fourth-order valence-electron chi connectivity index (χ4n) is 3.50. The molecule has 0 unspecified atom stereocenters. The lowest BCUT2D eigenvalue weighted by Gasteiger charge is -2.30. The van der Waals surface area contributed by atoms with Crippen molar-refractivity contribution in [3.63, 3.8) is 0 Å². The average Bonchev–Trinajstić information content (AvgIpc) is 3.00. The number of benzene rings is 1. The van der Waals surface area contributed by atoms with E-state index >= 15 is 0 Å². The fourth-order valence-corrected chi connectivity index (χ4v) is 3.50. The predicted octanol–water partition coefficient (Wildman–Crippen LogP) is 2.88. The van der Waals surface area contributed by atoms with Crippen LogP contribution in [0.3, 0.4) is 0 Å². The number of carbonyl (C=O) groups is 2. The van der Waals surface area contributed by atoms with Crippen LogP contribution in [-0.2, 0) is 20.8 Å². The number of ether oxygens (including phenoxy) is 2. The van der Waals surface area contributed by atoms with Gasteiger partial charge in [-0.3, -0.25) is 4.79 Å². The molecule has 0 bridgehead atoms. The van der Waals surface area contributed by atoms with Gasteiger partial charge in [0.15, 0.2) is 0 Å². The summed E-state index contributed by atoms with van der Waals surface area (Å²) >= 11 is 0. The lowest BCUT2D eigenvalue weighted by Crippen LogP contribution is -2.44. The monoisotopic (exact) mass is 370 g/mol. The zero-order valence-electron chi connectivity index (χ0n) is 16.1. The molecule has 0 saturated carbocycles. The van der Waals surface area contributed by atoms with Crippen molar-refractivity contribution in [1.82, 2.24) is 9.47 Å². The number of aromatic nitrogens is 1. The van der Waals surface area contributed by atoms with Crippen LogP contribution in [0.5, 0.6) is 0 Å². The van der Waals surface area contributed by atoms with Gasteiger partial charge < -0.3 is 18.9 Å². The number of hydrogen-bond acceptors (Lipinski definition) is 4. The van der Waals surface area contributed by atoms with E-state index in [-0.39, 0.29) is 5.91 Å². The third-order valence-corrected chi connectivity index (χ3v) is 4.98. The molecule has 2 heterocycles. The Morgan fingerprint density at radius 2 is 1.81 bits per heavy atom. The minimum atomic E-state index is -0.957. The molecular formula is C21H26N2O4. The summed E-state index contributed by atoms with van der Waals surface area (Å²) in [6.07, 6.45) is -0.957. The van der Waals surface area contributed by atoms with E-state index in [0.29, 0.717) is 37.4 Å². The molecule has 0 N–H and O–H groups in total. The van der Waals surface area contributed by atoms with Gasteiger partial charge in [-0.1, -0.05) is 30.3 Å². The van der Waals surface area contributed by atoms with Crippen molar-refractivity contribution in [2.24, 2.45) is 0 Å². The van der Waals surface area contributed by atoms with E-state index in [1.165, 1.54) is 0 Å². The largest absolute Gasteiger partial charge is 0.444 e. The van der Waals surface area contributed by atoms with E-state index in [2.05, 4.69) is 4.57 Å². The van der Waals surface area contributed by atoms with Crippen molar-refractivity contribution in [2.45, 2.75) is 33.4 Å². The highest BCUT2D eigenvalue weighted by atomic mass is 16.5. The quantitative estimate of drug-likeness (QED) is 0.760. The molecular weight excluding hydrogens is 344 g/mol. The van der Waals surface area contributed by atoms with Crippen LogP contribution < -0.4 is 0 Å². The van der Waals surface area contributed by atoms with Crippen LogP contribution >= 0.6 is 0 Å². The van der Waals surface area contributed by atoms with Gasteiger partial charge in [0.25, 0.3) is 5.91 Å². The SMILES string of the molecule is CCn1c(C)cc(C(=O)O[C@H](C(=O)N2CCOCC2)c2ccccc2)c1C. The molecule has 1 aromatic heterocycles. The number of morpholine rings is 1. The molecule has 1 saturated heterocycles. The Kier molecular flexibility index (Phi) is 5.96. The van der Waals surface area contributed by atoms with E-state index in [4.69, 9.17) is 9.47 Å². The van der Waals surface area contributed by atoms with Gasteiger partial charge in [0.05, 0.1) is 18.8 Å². The van der Waals surface area contributed by atoms with E-state index in [1.807, 2.05) is 57.2 Å². The number of carbonyl (C=O) groups excluding carboxylic acids is 2. The van der Waals surface area contributed by atoms with Gasteiger partial charge in [-0.25, -0.2) is 4.79 Å². The third-order valence-electron chi connectivity index (χ3n) is 4.98. The minimum Gasteiger partial charge on any atom is -0.444 e. The molecule has 0 aliphatic carbocycles. The molecule has 1 amide bonds. The van der Waals surface area contributed by atoms with Crippen molar-refractivity contribution in [3.05, 3.63) is 58.9 Å². The Labute approximate surface area is 159 Å². The van der Waals surface area contributed by atoms with E-state index < -0.39 is 12.1 Å². The molecule has 144 valence electrons. The Bertz CT molecular complexity index is 807. The van der Waals surface area contributed by atoms with Gasteiger partial charge in [0.2, 0.25) is 6.10 Å². The van der Waals surface area contributed by atoms with Gasteiger partial charge in [-0.2, -0.15) is 0 Å². The Morgan fingerprint density at radius 3 is 2.41 bits per heavy atom. The Balaban J connectivity index is 1.87. The molecule has 6 nitrogen and oxygen atoms in total. The fraction of sp³-hybridized carbons (Fsp3) is 0.429. The lowest BCUT2D eigenvalue weighted by molar-refractivity contribution is -0.145. The smallest absolute Gasteiger partial charge is 0.341 e. The molecule has 1 aromatic carbocycles. The first-order valence-electron chi connectivity index (χ1n) is 9.32. The van der Waals surface area contributed by atoms with E-state index in [1.54, 1.807) is 4.90 Å². The summed E-state index contributed by atoms with van der Waals surface area (Å²) in [5.74, 6) is -0.680. The number of rotatable bonds is 5. The standard InChI is InChI=1S/C21H26N2O4/c1-4-23-15(2)14-18(16(23)3)21(25)27-19(17-8-6-5-7-9-17)20(24)22-10-12-26-13-11-22/h5-9,14,19H,4,10-13H2,1-3H3/t19-/m0/s1. The highest BCUT2D eigenvalue weighted by Crippen LogP contribution is 2.24. The van der Waals surface area contributed by atoms with Crippen LogP contribution in [-0.4, -0.2) is 47.6 Å². The van der Waals surface area contributed by atoms with Crippen LogP contribution in [0.1, 0.15) is 40.3 Å². The second-order valence-corrected chi connectivity index (χ2v) is 6.66. The van der Waals surface area contributed by atoms with Crippen LogP contribution in [0.15, 0.2) is 36.4 Å². The van der Waals surface area contributed by atoms with Crippen molar-refractivity contribution < 1.29 is 19.1 Å². The van der Waals surface area contributed by atoms with Crippen molar-refractivity contribution in [1.29, 1.82) is 0 Å². The van der Waals surface area contributed by atoms with Crippen molar-refractivity contribution >= 4 is 11.9 Å². The van der Waals surface area contributed by atoms with Crippen LogP contribution in [0.4, 0.5) is 0 Å². The summed E-state index contributed by atoms with van der Waals surface area (Å²) < 4.78 is 13.1. The first-order chi connectivity index (χ1) is 13.0. The van der Waals surface area contributed by atoms with Crippen LogP contribution in [0, 0.1) is 13.8 Å². The number of aryl methyl sites for hydroxylation is 1. The molecule has 27 heavy (non-hydrogen) atoms. The first kappa shape index (κ1) is 19.2. The molecule has 6 heteroatoms. The average molecular weight is 370 g/mol. The maximum absolute atomic E-state index is 13.1. The zero-order valence-corrected chi connectivity index (χ0v) is 16.1. The minimum absolute atomic E-state index is 0.206. The number of nitrogens with zero attached hydrogens (tertiary/aromatic N) is 2. The van der Waals surface area contributed by atoms with Crippen LogP contribution in [0.2, 0.25) is 0 Å². The molecule has 2 aromatic rings. The molecule has 1 fully saturated rings. The summed E-state index contributed by atoms with van der Waals surface area (Å²) in [5.41, 5.74) is 3.03. The molecule has 0 spiro atoms. The molecule has 1 aliphatic rings. The highest BCUT2D eigenvalue weighted by molar-refractivity contribution is 5.94. The Morgan fingerprint density at radius 1 is 1.15 bits per heavy atom. The van der Waals surface area contributed by atoms with E-state index in [9.17, 15) is 9.59 Å². The number of esters is 1. The lowest BCUT2D eigenvalue weighted by atomic mass is 10.1. The maximum atomic E-state index is 13.1. The van der Waals surface area contributed by atoms with Crippen molar-refractivity contribution in [3.8, 4) is 0 Å². The normalized spacial score (nSPS) is 15.4. The summed E-state index contributed by atoms with van der Waals surface area (Å²) in [6.45, 7) is 8.67. The summed E-state index contributed by atoms with van der Waals surface area (Å²) in [4.78, 5) is 27.7. The molecule has 0 radical (unpaired) electrons. The van der Waals surface area contributed by atoms with Crippen LogP contribution in [0.25, 0.3) is 0 Å². The molecule has 1 aliphatic heterocycles.